The van der Waals surface area contributed by atoms with Gasteiger partial charge in [0.25, 0.3) is 15.7 Å². The molecule has 23 heavy (non-hydrogen) atoms. The van der Waals surface area contributed by atoms with Crippen LogP contribution >= 0.6 is 0 Å². The summed E-state index contributed by atoms with van der Waals surface area (Å²) in [4.78, 5) is 11.9. The van der Waals surface area contributed by atoms with E-state index in [9.17, 15) is 23.6 Å². The molecule has 0 unspecified atom stereocenters. The zero-order valence-corrected chi connectivity index (χ0v) is 12.8. The van der Waals surface area contributed by atoms with Crippen molar-refractivity contribution in [3.8, 4) is 5.75 Å². The molecule has 2 N–H and O–H groups in total. The molecule has 120 valence electrons. The summed E-state index contributed by atoms with van der Waals surface area (Å²) in [6, 6.07) is 9.80. The monoisotopic (exact) mass is 335 g/mol. The van der Waals surface area contributed by atoms with Gasteiger partial charge in [-0.15, -0.1) is 0 Å². The molecule has 0 saturated carbocycles. The van der Waals surface area contributed by atoms with Gasteiger partial charge in [-0.05, 0) is 25.1 Å². The average molecular weight is 335 g/mol. The van der Waals surface area contributed by atoms with E-state index in [1.165, 1.54) is 25.1 Å². The summed E-state index contributed by atoms with van der Waals surface area (Å²) in [5.41, 5.74) is 0.384. The van der Waals surface area contributed by atoms with Gasteiger partial charge in [0.05, 0.1) is 16.0 Å². The standard InChI is InChI=1S/C14H13N3O5S/c1-10-6-7-12(8-13(10)17(19)20)23(21,22)16-15-9-11-4-2-3-5-14(11)18/h2-9,16,18H,1H3. The highest BCUT2D eigenvalue weighted by Gasteiger charge is 2.19. The number of hydrazone groups is 1. The lowest BCUT2D eigenvalue weighted by molar-refractivity contribution is -0.385. The molecule has 0 aromatic heterocycles. The number of benzene rings is 2. The van der Waals surface area contributed by atoms with Crippen molar-refractivity contribution in [3.05, 3.63) is 63.7 Å². The molecule has 0 aliphatic carbocycles. The van der Waals surface area contributed by atoms with Crippen molar-refractivity contribution in [1.82, 2.24) is 4.83 Å². The summed E-state index contributed by atoms with van der Waals surface area (Å²) in [6.07, 6.45) is 1.13. The molecule has 9 heteroatoms. The molecule has 0 fully saturated rings. The van der Waals surface area contributed by atoms with Crippen LogP contribution in [0.5, 0.6) is 5.75 Å². The number of nitro groups is 1. The third-order valence-corrected chi connectivity index (χ3v) is 4.22. The van der Waals surface area contributed by atoms with Gasteiger partial charge in [-0.25, -0.2) is 4.83 Å². The van der Waals surface area contributed by atoms with E-state index in [1.807, 2.05) is 4.83 Å². The Balaban J connectivity index is 2.24. The van der Waals surface area contributed by atoms with E-state index in [0.717, 1.165) is 12.3 Å². The fraction of sp³-hybridized carbons (Fsp3) is 0.0714. The second kappa shape index (κ2) is 6.44. The number of hydrogen-bond donors (Lipinski definition) is 2. The second-order valence-corrected chi connectivity index (χ2v) is 6.28. The SMILES string of the molecule is Cc1ccc(S(=O)(=O)NN=Cc2ccccc2O)cc1[N+](=O)[O-]. The Bertz CT molecular complexity index is 878. The highest BCUT2D eigenvalue weighted by atomic mass is 32.2. The molecule has 0 radical (unpaired) electrons. The van der Waals surface area contributed by atoms with Crippen LogP contribution < -0.4 is 4.83 Å². The number of aryl methyl sites for hydroxylation is 1. The highest BCUT2D eigenvalue weighted by Crippen LogP contribution is 2.22. The molecule has 0 heterocycles. The summed E-state index contributed by atoms with van der Waals surface area (Å²) >= 11 is 0. The molecular formula is C14H13N3O5S. The molecule has 0 amide bonds. The van der Waals surface area contributed by atoms with Gasteiger partial charge in [0, 0.05) is 17.2 Å². The van der Waals surface area contributed by atoms with Gasteiger partial charge >= 0.3 is 0 Å². The molecule has 0 aliphatic rings. The van der Waals surface area contributed by atoms with Gasteiger partial charge in [0.15, 0.2) is 0 Å². The van der Waals surface area contributed by atoms with E-state index in [4.69, 9.17) is 0 Å². The van der Waals surface area contributed by atoms with Crippen LogP contribution in [0.1, 0.15) is 11.1 Å². The van der Waals surface area contributed by atoms with E-state index >= 15 is 0 Å². The Morgan fingerprint density at radius 2 is 1.96 bits per heavy atom. The van der Waals surface area contributed by atoms with E-state index < -0.39 is 14.9 Å². The van der Waals surface area contributed by atoms with E-state index in [2.05, 4.69) is 5.10 Å². The maximum Gasteiger partial charge on any atom is 0.276 e. The number of rotatable bonds is 5. The number of nitrogens with one attached hydrogen (secondary N) is 1. The lowest BCUT2D eigenvalue weighted by Gasteiger charge is -2.04. The van der Waals surface area contributed by atoms with Crippen LogP contribution in [0.3, 0.4) is 0 Å². The fourth-order valence-corrected chi connectivity index (χ4v) is 2.58. The molecule has 8 nitrogen and oxygen atoms in total. The minimum atomic E-state index is -4.05. The quantitative estimate of drug-likeness (QED) is 0.491. The Morgan fingerprint density at radius 1 is 1.26 bits per heavy atom. The first-order chi connectivity index (χ1) is 10.8. The summed E-state index contributed by atoms with van der Waals surface area (Å²) in [7, 11) is -4.05. The number of aromatic hydroxyl groups is 1. The van der Waals surface area contributed by atoms with Crippen LogP contribution in [0.4, 0.5) is 5.69 Å². The molecule has 2 aromatic rings. The number of phenols is 1. The third kappa shape index (κ3) is 3.83. The summed E-state index contributed by atoms with van der Waals surface area (Å²) in [5.74, 6) is -0.0542. The first-order valence-corrected chi connectivity index (χ1v) is 7.87. The number of sulfonamides is 1. The molecular weight excluding hydrogens is 322 g/mol. The van der Waals surface area contributed by atoms with Gasteiger partial charge in [-0.3, -0.25) is 10.1 Å². The van der Waals surface area contributed by atoms with Gasteiger partial charge in [0.2, 0.25) is 0 Å². The zero-order valence-electron chi connectivity index (χ0n) is 12.0. The molecule has 0 bridgehead atoms. The van der Waals surface area contributed by atoms with Gasteiger partial charge in [0.1, 0.15) is 5.75 Å². The Kier molecular flexibility index (Phi) is 4.60. The molecule has 0 atom stereocenters. The normalized spacial score (nSPS) is 11.5. The maximum absolute atomic E-state index is 12.1. The molecule has 2 aromatic carbocycles. The molecule has 0 aliphatic heterocycles. The van der Waals surface area contributed by atoms with Crippen molar-refractivity contribution in [2.45, 2.75) is 11.8 Å². The Labute approximate surface area is 132 Å². The third-order valence-electron chi connectivity index (χ3n) is 3.00. The second-order valence-electron chi connectivity index (χ2n) is 4.62. The first kappa shape index (κ1) is 16.4. The van der Waals surface area contributed by atoms with Crippen molar-refractivity contribution >= 4 is 21.9 Å². The van der Waals surface area contributed by atoms with Gasteiger partial charge < -0.3 is 5.11 Å². The van der Waals surface area contributed by atoms with Gasteiger partial charge in [-0.2, -0.15) is 13.5 Å². The number of para-hydroxylation sites is 1. The molecule has 0 spiro atoms. The first-order valence-electron chi connectivity index (χ1n) is 6.39. The summed E-state index contributed by atoms with van der Waals surface area (Å²) in [6.45, 7) is 1.51. The lowest BCUT2D eigenvalue weighted by atomic mass is 10.2. The predicted molar refractivity (Wildman–Crippen MR) is 83.9 cm³/mol. The smallest absolute Gasteiger partial charge is 0.276 e. The maximum atomic E-state index is 12.1. The number of phenolic OH excluding ortho intramolecular Hbond substituents is 1. The summed E-state index contributed by atoms with van der Waals surface area (Å²) < 4.78 is 24.2. The van der Waals surface area contributed by atoms with E-state index in [1.54, 1.807) is 18.2 Å². The van der Waals surface area contributed by atoms with Crippen LogP contribution in [0.15, 0.2) is 52.5 Å². The lowest BCUT2D eigenvalue weighted by Crippen LogP contribution is -2.18. The predicted octanol–water partition coefficient (Wildman–Crippen LogP) is 1.92. The summed E-state index contributed by atoms with van der Waals surface area (Å²) in [5, 5.41) is 24.0. The van der Waals surface area contributed by atoms with Crippen LogP contribution in [0.25, 0.3) is 0 Å². The fourth-order valence-electron chi connectivity index (χ4n) is 1.77. The topological polar surface area (TPSA) is 122 Å². The molecule has 2 rings (SSSR count). The Hall–Kier alpha value is -2.94. The van der Waals surface area contributed by atoms with E-state index in [-0.39, 0.29) is 16.3 Å². The van der Waals surface area contributed by atoms with Crippen molar-refractivity contribution in [1.29, 1.82) is 0 Å². The van der Waals surface area contributed by atoms with Crippen LogP contribution in [0.2, 0.25) is 0 Å². The van der Waals surface area contributed by atoms with Crippen molar-refractivity contribution in [3.63, 3.8) is 0 Å². The van der Waals surface area contributed by atoms with E-state index in [0.29, 0.717) is 11.1 Å². The molecule has 0 saturated heterocycles. The number of nitrogens with zero attached hydrogens (tertiary/aromatic N) is 2. The van der Waals surface area contributed by atoms with Crippen LogP contribution in [-0.4, -0.2) is 24.7 Å². The highest BCUT2D eigenvalue weighted by molar-refractivity contribution is 7.89. The number of nitro benzene ring substituents is 1. The minimum absolute atomic E-state index is 0.0542. The van der Waals surface area contributed by atoms with Crippen molar-refractivity contribution < 1.29 is 18.4 Å². The van der Waals surface area contributed by atoms with Crippen molar-refractivity contribution in [2.24, 2.45) is 5.10 Å². The van der Waals surface area contributed by atoms with Crippen LogP contribution in [0, 0.1) is 17.0 Å². The minimum Gasteiger partial charge on any atom is -0.507 e. The van der Waals surface area contributed by atoms with Crippen LogP contribution in [-0.2, 0) is 10.0 Å². The Morgan fingerprint density at radius 3 is 2.61 bits per heavy atom. The zero-order chi connectivity index (χ0) is 17.0. The largest absolute Gasteiger partial charge is 0.507 e. The van der Waals surface area contributed by atoms with Crippen molar-refractivity contribution in [2.75, 3.05) is 0 Å². The number of hydrogen-bond acceptors (Lipinski definition) is 6. The average Bonchev–Trinajstić information content (AvgIpc) is 2.49. The van der Waals surface area contributed by atoms with Gasteiger partial charge in [-0.1, -0.05) is 18.2 Å².